The molecule has 1 saturated carbocycles. The van der Waals surface area contributed by atoms with Gasteiger partial charge in [-0.25, -0.2) is 0 Å². The fraction of sp³-hybridized carbons (Fsp3) is 1.00. The number of nitrogens with one attached hydrogen (secondary N) is 1. The number of hydrogen-bond donors (Lipinski definition) is 1. The zero-order valence-electron chi connectivity index (χ0n) is 4.61. The summed E-state index contributed by atoms with van der Waals surface area (Å²) in [6.07, 6.45) is 3.56. The summed E-state index contributed by atoms with van der Waals surface area (Å²) in [5, 5.41) is 10.8. The van der Waals surface area contributed by atoms with Crippen LogP contribution in [0.15, 0.2) is 0 Å². The minimum absolute atomic E-state index is 0.381. The van der Waals surface area contributed by atoms with Crippen LogP contribution in [0.1, 0.15) is 19.3 Å². The maximum atomic E-state index is 10.4. The summed E-state index contributed by atoms with van der Waals surface area (Å²) in [6.45, 7) is 0. The highest BCUT2D eigenvalue weighted by molar-refractivity contribution is 4.66. The summed E-state index contributed by atoms with van der Waals surface area (Å²) in [6, 6.07) is 0.444. The Morgan fingerprint density at radius 2 is 2.14 bits per heavy atom. The van der Waals surface area contributed by atoms with E-state index in [1.807, 2.05) is 0 Å². The summed E-state index contributed by atoms with van der Waals surface area (Å²) in [5.41, 5.74) is 0. The molecule has 1 rings (SSSR count). The van der Waals surface area contributed by atoms with Gasteiger partial charge in [0, 0.05) is 0 Å². The normalized spacial score (nSPS) is 26.6. The molecule has 0 heterocycles. The van der Waals surface area contributed by atoms with Gasteiger partial charge in [0.15, 0.2) is 0 Å². The van der Waals surface area contributed by atoms with E-state index in [0.717, 1.165) is 12.8 Å². The SMILES string of the molecule is C[NH+]([O-])C1CCC1. The van der Waals surface area contributed by atoms with Crippen LogP contribution in [0.5, 0.6) is 0 Å². The summed E-state index contributed by atoms with van der Waals surface area (Å²) in [5.74, 6) is 0. The first-order chi connectivity index (χ1) is 3.30. The second kappa shape index (κ2) is 1.80. The van der Waals surface area contributed by atoms with Crippen molar-refractivity contribution in [1.82, 2.24) is 0 Å². The van der Waals surface area contributed by atoms with E-state index >= 15 is 0 Å². The molecule has 0 saturated heterocycles. The summed E-state index contributed by atoms with van der Waals surface area (Å²) in [4.78, 5) is 0. The Hall–Kier alpha value is -0.0800. The van der Waals surface area contributed by atoms with E-state index in [4.69, 9.17) is 0 Å². The molecule has 0 amide bonds. The van der Waals surface area contributed by atoms with E-state index in [-0.39, 0.29) is 0 Å². The molecule has 2 heteroatoms. The van der Waals surface area contributed by atoms with Crippen LogP contribution in [0.4, 0.5) is 0 Å². The maximum absolute atomic E-state index is 10.4. The quantitative estimate of drug-likeness (QED) is 0.445. The summed E-state index contributed by atoms with van der Waals surface area (Å²) >= 11 is 0. The summed E-state index contributed by atoms with van der Waals surface area (Å²) < 4.78 is 0. The Labute approximate surface area is 43.7 Å². The van der Waals surface area contributed by atoms with E-state index in [1.165, 1.54) is 6.42 Å². The molecule has 1 aliphatic carbocycles. The van der Waals surface area contributed by atoms with Crippen LogP contribution in [-0.4, -0.2) is 13.1 Å². The fourth-order valence-corrected chi connectivity index (χ4v) is 0.815. The van der Waals surface area contributed by atoms with Crippen LogP contribution in [0.25, 0.3) is 0 Å². The third-order valence-corrected chi connectivity index (χ3v) is 1.68. The van der Waals surface area contributed by atoms with Crippen molar-refractivity contribution in [2.45, 2.75) is 25.3 Å². The van der Waals surface area contributed by atoms with Gasteiger partial charge in [-0.2, -0.15) is 0 Å². The topological polar surface area (TPSA) is 27.5 Å². The van der Waals surface area contributed by atoms with E-state index < -0.39 is 0 Å². The molecular formula is C5H11NO. The first-order valence-corrected chi connectivity index (χ1v) is 2.81. The van der Waals surface area contributed by atoms with Gasteiger partial charge in [-0.05, 0) is 19.3 Å². The lowest BCUT2D eigenvalue weighted by atomic mass is 9.93. The van der Waals surface area contributed by atoms with Crippen molar-refractivity contribution >= 4 is 0 Å². The van der Waals surface area contributed by atoms with Crippen LogP contribution in [0, 0.1) is 5.21 Å². The Morgan fingerprint density at radius 3 is 2.14 bits per heavy atom. The Balaban J connectivity index is 2.14. The molecule has 0 spiro atoms. The molecule has 1 N–H and O–H groups in total. The van der Waals surface area contributed by atoms with Crippen LogP contribution in [0.2, 0.25) is 0 Å². The van der Waals surface area contributed by atoms with E-state index in [0.29, 0.717) is 11.1 Å². The first kappa shape index (κ1) is 5.06. The Morgan fingerprint density at radius 1 is 1.57 bits per heavy atom. The van der Waals surface area contributed by atoms with Gasteiger partial charge in [-0.1, -0.05) is 0 Å². The van der Waals surface area contributed by atoms with Crippen molar-refractivity contribution < 1.29 is 5.06 Å². The van der Waals surface area contributed by atoms with Crippen molar-refractivity contribution in [2.75, 3.05) is 7.05 Å². The van der Waals surface area contributed by atoms with Crippen molar-refractivity contribution in [3.63, 3.8) is 0 Å². The zero-order valence-corrected chi connectivity index (χ0v) is 4.61. The molecule has 42 valence electrons. The number of quaternary nitrogens is 1. The molecule has 1 unspecified atom stereocenters. The predicted octanol–water partition coefficient (Wildman–Crippen LogP) is -0.449. The van der Waals surface area contributed by atoms with Crippen molar-refractivity contribution in [3.05, 3.63) is 5.21 Å². The van der Waals surface area contributed by atoms with E-state index in [2.05, 4.69) is 0 Å². The molecule has 0 aromatic carbocycles. The second-order valence-electron chi connectivity index (χ2n) is 2.24. The van der Waals surface area contributed by atoms with Gasteiger partial charge in [0.1, 0.15) is 0 Å². The molecule has 1 atom stereocenters. The van der Waals surface area contributed by atoms with Gasteiger partial charge in [-0.15, -0.1) is 0 Å². The van der Waals surface area contributed by atoms with E-state index in [1.54, 1.807) is 7.05 Å². The van der Waals surface area contributed by atoms with Crippen LogP contribution < -0.4 is 5.06 Å². The number of rotatable bonds is 1. The monoisotopic (exact) mass is 101 g/mol. The van der Waals surface area contributed by atoms with Crippen LogP contribution >= 0.6 is 0 Å². The van der Waals surface area contributed by atoms with Crippen molar-refractivity contribution in [3.8, 4) is 0 Å². The fourth-order valence-electron chi connectivity index (χ4n) is 0.815. The maximum Gasteiger partial charge on any atom is 0.0869 e. The number of hydrogen-bond acceptors (Lipinski definition) is 1. The lowest BCUT2D eigenvalue weighted by molar-refractivity contribution is -0.861. The molecule has 0 bridgehead atoms. The van der Waals surface area contributed by atoms with E-state index in [9.17, 15) is 5.21 Å². The molecular weight excluding hydrogens is 90.1 g/mol. The molecule has 0 aliphatic heterocycles. The third kappa shape index (κ3) is 0.924. The number of hydroxylamine groups is 2. The lowest BCUT2D eigenvalue weighted by Gasteiger charge is -2.33. The van der Waals surface area contributed by atoms with Gasteiger partial charge in [0.2, 0.25) is 0 Å². The minimum Gasteiger partial charge on any atom is -0.634 e. The van der Waals surface area contributed by atoms with Crippen LogP contribution in [-0.2, 0) is 0 Å². The molecule has 0 aromatic rings. The van der Waals surface area contributed by atoms with Gasteiger partial charge in [0.25, 0.3) is 0 Å². The Bertz CT molecular complexity index is 59.1. The zero-order chi connectivity index (χ0) is 5.28. The highest BCUT2D eigenvalue weighted by atomic mass is 16.5. The molecule has 1 fully saturated rings. The first-order valence-electron chi connectivity index (χ1n) is 2.81. The molecule has 0 aromatic heterocycles. The molecule has 1 aliphatic rings. The van der Waals surface area contributed by atoms with Gasteiger partial charge < -0.3 is 10.3 Å². The predicted molar refractivity (Wildman–Crippen MR) is 27.9 cm³/mol. The molecule has 7 heavy (non-hydrogen) atoms. The van der Waals surface area contributed by atoms with Crippen molar-refractivity contribution in [2.24, 2.45) is 0 Å². The second-order valence-corrected chi connectivity index (χ2v) is 2.24. The van der Waals surface area contributed by atoms with Gasteiger partial charge in [0.05, 0.1) is 13.1 Å². The van der Waals surface area contributed by atoms with Crippen molar-refractivity contribution in [1.29, 1.82) is 0 Å². The van der Waals surface area contributed by atoms with Gasteiger partial charge >= 0.3 is 0 Å². The average Bonchev–Trinajstić information content (AvgIpc) is 1.23. The summed E-state index contributed by atoms with van der Waals surface area (Å²) in [7, 11) is 1.68. The smallest absolute Gasteiger partial charge is 0.0869 e. The van der Waals surface area contributed by atoms with Crippen LogP contribution in [0.3, 0.4) is 0 Å². The average molecular weight is 101 g/mol. The standard InChI is InChI=1S/C5H11NO/c1-6(7)5-3-2-4-5/h5-6H,2-4H2,1H3. The lowest BCUT2D eigenvalue weighted by Crippen LogP contribution is -3.09. The highest BCUT2D eigenvalue weighted by Crippen LogP contribution is 2.14. The molecule has 2 nitrogen and oxygen atoms in total. The Kier molecular flexibility index (Phi) is 1.30. The third-order valence-electron chi connectivity index (χ3n) is 1.68. The molecule has 0 radical (unpaired) electrons. The van der Waals surface area contributed by atoms with Gasteiger partial charge in [-0.3, -0.25) is 0 Å². The highest BCUT2D eigenvalue weighted by Gasteiger charge is 2.20. The largest absolute Gasteiger partial charge is 0.634 e. The minimum atomic E-state index is 0.381.